The number of ether oxygens (including phenoxy) is 1. The quantitative estimate of drug-likeness (QED) is 0.616. The monoisotopic (exact) mass is 381 g/mol. The summed E-state index contributed by atoms with van der Waals surface area (Å²) < 4.78 is 6.51. The Bertz CT molecular complexity index is 1090. The lowest BCUT2D eigenvalue weighted by Crippen LogP contribution is -2.41. The summed E-state index contributed by atoms with van der Waals surface area (Å²) in [4.78, 5) is 39.8. The Morgan fingerprint density at radius 2 is 2.21 bits per heavy atom. The summed E-state index contributed by atoms with van der Waals surface area (Å²) in [5, 5.41) is 9.46. The number of anilines is 1. The Hall–Kier alpha value is -3.46. The van der Waals surface area contributed by atoms with Crippen molar-refractivity contribution in [2.24, 2.45) is 0 Å². The van der Waals surface area contributed by atoms with Crippen LogP contribution in [0.1, 0.15) is 23.2 Å². The van der Waals surface area contributed by atoms with Gasteiger partial charge in [-0.25, -0.2) is 4.79 Å². The number of carbonyl (C=O) groups is 1. The molecule has 0 radical (unpaired) electrons. The summed E-state index contributed by atoms with van der Waals surface area (Å²) >= 11 is 0. The van der Waals surface area contributed by atoms with Gasteiger partial charge in [0.2, 0.25) is 0 Å². The summed E-state index contributed by atoms with van der Waals surface area (Å²) in [5.41, 5.74) is 0.837. The van der Waals surface area contributed by atoms with E-state index >= 15 is 0 Å². The number of amides is 1. The van der Waals surface area contributed by atoms with Gasteiger partial charge in [-0.3, -0.25) is 19.3 Å². The molecule has 1 unspecified atom stereocenters. The zero-order valence-electron chi connectivity index (χ0n) is 15.0. The zero-order chi connectivity index (χ0) is 19.5. The van der Waals surface area contributed by atoms with Gasteiger partial charge in [0.25, 0.3) is 11.5 Å². The van der Waals surface area contributed by atoms with Gasteiger partial charge < -0.3 is 15.0 Å². The van der Waals surface area contributed by atoms with E-state index in [0.717, 1.165) is 34.9 Å². The van der Waals surface area contributed by atoms with Crippen LogP contribution in [0.4, 0.5) is 5.69 Å². The Balaban J connectivity index is 1.58. The fourth-order valence-corrected chi connectivity index (χ4v) is 3.21. The van der Waals surface area contributed by atoms with Gasteiger partial charge in [-0.1, -0.05) is 12.1 Å². The smallest absolute Gasteiger partial charge is 0.328 e. The Kier molecular flexibility index (Phi) is 4.90. The van der Waals surface area contributed by atoms with Crippen molar-refractivity contribution in [1.29, 1.82) is 0 Å². The van der Waals surface area contributed by atoms with Gasteiger partial charge in [-0.2, -0.15) is 5.10 Å². The van der Waals surface area contributed by atoms with Gasteiger partial charge >= 0.3 is 5.69 Å². The van der Waals surface area contributed by atoms with Gasteiger partial charge in [0.15, 0.2) is 0 Å². The summed E-state index contributed by atoms with van der Waals surface area (Å²) in [5.74, 6) is -0.593. The SMILES string of the molecule is O=C(Nc1cccc(-c2ccn[nH]2)c1)c1c[nH]c(=O)n(CC2CCCO2)c1=O. The lowest BCUT2D eigenvalue weighted by molar-refractivity contribution is 0.0941. The van der Waals surface area contributed by atoms with E-state index in [9.17, 15) is 14.4 Å². The lowest BCUT2D eigenvalue weighted by atomic mass is 10.1. The van der Waals surface area contributed by atoms with Crippen LogP contribution in [-0.2, 0) is 11.3 Å². The first-order valence-electron chi connectivity index (χ1n) is 8.97. The number of rotatable bonds is 5. The van der Waals surface area contributed by atoms with Gasteiger partial charge in [0.05, 0.1) is 18.3 Å². The highest BCUT2D eigenvalue weighted by Crippen LogP contribution is 2.20. The molecule has 3 heterocycles. The highest BCUT2D eigenvalue weighted by Gasteiger charge is 2.21. The molecule has 1 aliphatic rings. The van der Waals surface area contributed by atoms with Crippen molar-refractivity contribution in [1.82, 2.24) is 19.7 Å². The minimum absolute atomic E-state index is 0.130. The van der Waals surface area contributed by atoms with Crippen LogP contribution in [0.25, 0.3) is 11.3 Å². The molecule has 3 N–H and O–H groups in total. The third-order valence-electron chi connectivity index (χ3n) is 4.65. The van der Waals surface area contributed by atoms with E-state index in [2.05, 4.69) is 20.5 Å². The molecule has 2 aromatic heterocycles. The number of aromatic amines is 2. The van der Waals surface area contributed by atoms with E-state index in [0.29, 0.717) is 12.3 Å². The van der Waals surface area contributed by atoms with Crippen molar-refractivity contribution in [3.05, 3.63) is 69.1 Å². The molecule has 1 amide bonds. The molecule has 0 bridgehead atoms. The second kappa shape index (κ2) is 7.65. The first-order valence-corrected chi connectivity index (χ1v) is 8.97. The molecule has 1 aromatic carbocycles. The number of carbonyl (C=O) groups excluding carboxylic acids is 1. The van der Waals surface area contributed by atoms with Gasteiger partial charge in [-0.15, -0.1) is 0 Å². The van der Waals surface area contributed by atoms with Gasteiger partial charge in [0, 0.05) is 30.3 Å². The van der Waals surface area contributed by atoms with Gasteiger partial charge in [0.1, 0.15) is 5.56 Å². The highest BCUT2D eigenvalue weighted by atomic mass is 16.5. The Morgan fingerprint density at radius 3 is 2.96 bits per heavy atom. The predicted octanol–water partition coefficient (Wildman–Crippen LogP) is 1.36. The van der Waals surface area contributed by atoms with E-state index in [1.165, 1.54) is 0 Å². The van der Waals surface area contributed by atoms with Crippen molar-refractivity contribution < 1.29 is 9.53 Å². The van der Waals surface area contributed by atoms with E-state index < -0.39 is 17.2 Å². The minimum Gasteiger partial charge on any atom is -0.376 e. The van der Waals surface area contributed by atoms with Crippen LogP contribution in [0, 0.1) is 0 Å². The maximum absolute atomic E-state index is 12.7. The lowest BCUT2D eigenvalue weighted by Gasteiger charge is -2.12. The van der Waals surface area contributed by atoms with E-state index in [1.807, 2.05) is 12.1 Å². The number of nitrogens with one attached hydrogen (secondary N) is 3. The molecular formula is C19H19N5O4. The molecule has 9 heteroatoms. The maximum atomic E-state index is 12.7. The largest absolute Gasteiger partial charge is 0.376 e. The van der Waals surface area contributed by atoms with Crippen molar-refractivity contribution in [2.75, 3.05) is 11.9 Å². The standard InChI is InChI=1S/C19H19N5O4/c25-17(22-13-4-1-3-12(9-13)16-6-7-21-23-16)15-10-20-19(27)24(18(15)26)11-14-5-2-8-28-14/h1,3-4,6-7,9-10,14H,2,5,8,11H2,(H,20,27)(H,21,23)(H,22,25). The fraction of sp³-hybridized carbons (Fsp3) is 0.263. The van der Waals surface area contributed by atoms with Crippen molar-refractivity contribution in [3.8, 4) is 11.3 Å². The Morgan fingerprint density at radius 1 is 1.32 bits per heavy atom. The second-order valence-corrected chi connectivity index (χ2v) is 6.56. The first kappa shape index (κ1) is 17.9. The number of nitrogens with zero attached hydrogens (tertiary/aromatic N) is 2. The molecule has 0 spiro atoms. The molecule has 1 saturated heterocycles. The molecule has 144 valence electrons. The van der Waals surface area contributed by atoms with Crippen LogP contribution in [0.2, 0.25) is 0 Å². The number of H-pyrrole nitrogens is 2. The highest BCUT2D eigenvalue weighted by molar-refractivity contribution is 6.04. The van der Waals surface area contributed by atoms with Crippen molar-refractivity contribution >= 4 is 11.6 Å². The summed E-state index contributed by atoms with van der Waals surface area (Å²) in [6.45, 7) is 0.745. The maximum Gasteiger partial charge on any atom is 0.328 e. The van der Waals surface area contributed by atoms with Gasteiger partial charge in [-0.05, 0) is 31.0 Å². The Labute approximate surface area is 159 Å². The average molecular weight is 381 g/mol. The topological polar surface area (TPSA) is 122 Å². The summed E-state index contributed by atoms with van der Waals surface area (Å²) in [6, 6.07) is 8.95. The van der Waals surface area contributed by atoms with Crippen LogP contribution in [0.3, 0.4) is 0 Å². The molecule has 3 aromatic rings. The van der Waals surface area contributed by atoms with Crippen molar-refractivity contribution in [3.63, 3.8) is 0 Å². The van der Waals surface area contributed by atoms with Crippen LogP contribution < -0.4 is 16.6 Å². The molecule has 1 aliphatic heterocycles. The molecule has 9 nitrogen and oxygen atoms in total. The number of benzene rings is 1. The molecule has 1 fully saturated rings. The molecule has 1 atom stereocenters. The molecule has 0 saturated carbocycles. The van der Waals surface area contributed by atoms with E-state index in [1.54, 1.807) is 24.4 Å². The third kappa shape index (κ3) is 3.65. The third-order valence-corrected chi connectivity index (χ3v) is 4.65. The first-order chi connectivity index (χ1) is 13.6. The second-order valence-electron chi connectivity index (χ2n) is 6.56. The fourth-order valence-electron chi connectivity index (χ4n) is 3.21. The minimum atomic E-state index is -0.638. The number of hydrogen-bond acceptors (Lipinski definition) is 5. The summed E-state index contributed by atoms with van der Waals surface area (Å²) in [6.07, 6.45) is 4.26. The van der Waals surface area contributed by atoms with Crippen molar-refractivity contribution in [2.45, 2.75) is 25.5 Å². The summed E-state index contributed by atoms with van der Waals surface area (Å²) in [7, 11) is 0. The molecule has 28 heavy (non-hydrogen) atoms. The van der Waals surface area contributed by atoms with Crippen LogP contribution in [-0.4, -0.2) is 38.4 Å². The zero-order valence-corrected chi connectivity index (χ0v) is 15.0. The molecule has 4 rings (SSSR count). The molecular weight excluding hydrogens is 362 g/mol. The van der Waals surface area contributed by atoms with E-state index in [4.69, 9.17) is 4.74 Å². The average Bonchev–Trinajstić information content (AvgIpc) is 3.39. The van der Waals surface area contributed by atoms with Crippen LogP contribution in [0.15, 0.2) is 52.3 Å². The predicted molar refractivity (Wildman–Crippen MR) is 102 cm³/mol. The number of hydrogen-bond donors (Lipinski definition) is 3. The normalized spacial score (nSPS) is 16.2. The molecule has 0 aliphatic carbocycles. The van der Waals surface area contributed by atoms with Crippen LogP contribution in [0.5, 0.6) is 0 Å². The van der Waals surface area contributed by atoms with E-state index in [-0.39, 0.29) is 18.2 Å². The van der Waals surface area contributed by atoms with Crippen LogP contribution >= 0.6 is 0 Å². The number of aromatic nitrogens is 4.